The molecule has 0 aliphatic carbocycles. The number of rotatable bonds is 7. The molecule has 0 aromatic heterocycles. The minimum Gasteiger partial charge on any atom is -0.481 e. The number of hydrogen-bond donors (Lipinski definition) is 2. The summed E-state index contributed by atoms with van der Waals surface area (Å²) in [4.78, 5) is 34.1. The number of anilines is 1. The highest BCUT2D eigenvalue weighted by Crippen LogP contribution is 2.15. The Hall–Kier alpha value is -2.48. The molecule has 0 heterocycles. The highest BCUT2D eigenvalue weighted by Gasteiger charge is 2.18. The van der Waals surface area contributed by atoms with Gasteiger partial charge in [-0.3, -0.25) is 24.6 Å². The molecule has 21 heavy (non-hydrogen) atoms. The van der Waals surface area contributed by atoms with Crippen molar-refractivity contribution >= 4 is 23.3 Å². The number of nitrogens with one attached hydrogen (secondary N) is 1. The van der Waals surface area contributed by atoms with E-state index in [0.717, 1.165) is 0 Å². The quantitative estimate of drug-likeness (QED) is 0.579. The molecule has 8 heteroatoms. The average Bonchev–Trinajstić information content (AvgIpc) is 2.44. The van der Waals surface area contributed by atoms with Crippen LogP contribution in [0.15, 0.2) is 24.3 Å². The molecule has 1 unspecified atom stereocenters. The Morgan fingerprint density at radius 2 is 1.95 bits per heavy atom. The van der Waals surface area contributed by atoms with E-state index >= 15 is 0 Å². The molecule has 1 rings (SSSR count). The van der Waals surface area contributed by atoms with Gasteiger partial charge in [-0.25, -0.2) is 0 Å². The van der Waals surface area contributed by atoms with Crippen LogP contribution in [0.3, 0.4) is 0 Å². The monoisotopic (exact) mass is 295 g/mol. The molecule has 2 N–H and O–H groups in total. The average molecular weight is 295 g/mol. The van der Waals surface area contributed by atoms with E-state index in [1.165, 1.54) is 24.3 Å². The molecule has 114 valence electrons. The molecule has 0 spiro atoms. The Bertz CT molecular complexity index is 529. The molecule has 1 aromatic rings. The van der Waals surface area contributed by atoms with Gasteiger partial charge in [-0.15, -0.1) is 0 Å². The van der Waals surface area contributed by atoms with Gasteiger partial charge in [0.2, 0.25) is 5.91 Å². The zero-order valence-corrected chi connectivity index (χ0v) is 11.8. The van der Waals surface area contributed by atoms with E-state index in [9.17, 15) is 19.7 Å². The molecule has 0 aliphatic heterocycles. The van der Waals surface area contributed by atoms with Crippen LogP contribution in [-0.4, -0.2) is 46.4 Å². The molecule has 1 amide bonds. The molecule has 0 saturated carbocycles. The second kappa shape index (κ2) is 7.34. The van der Waals surface area contributed by atoms with Crippen LogP contribution in [-0.2, 0) is 9.59 Å². The predicted octanol–water partition coefficient (Wildman–Crippen LogP) is 1.33. The van der Waals surface area contributed by atoms with E-state index in [-0.39, 0.29) is 24.6 Å². The van der Waals surface area contributed by atoms with E-state index in [2.05, 4.69) is 5.32 Å². The van der Waals surface area contributed by atoms with Gasteiger partial charge < -0.3 is 10.4 Å². The molecule has 0 fully saturated rings. The fraction of sp³-hybridized carbons (Fsp3) is 0.385. The van der Waals surface area contributed by atoms with Gasteiger partial charge in [0.25, 0.3) is 5.69 Å². The SMILES string of the molecule is CC(C(=O)Nc1ccc([N+](=O)[O-])cc1)N(C)CCC(=O)O. The summed E-state index contributed by atoms with van der Waals surface area (Å²) in [6, 6.07) is 4.97. The fourth-order valence-electron chi connectivity index (χ4n) is 1.58. The lowest BCUT2D eigenvalue weighted by Crippen LogP contribution is -2.40. The minimum absolute atomic E-state index is 0.0499. The van der Waals surface area contributed by atoms with Gasteiger partial charge >= 0.3 is 5.97 Å². The van der Waals surface area contributed by atoms with Crippen LogP contribution in [0.4, 0.5) is 11.4 Å². The number of amides is 1. The Morgan fingerprint density at radius 1 is 1.38 bits per heavy atom. The van der Waals surface area contributed by atoms with Crippen molar-refractivity contribution in [1.29, 1.82) is 0 Å². The van der Waals surface area contributed by atoms with Crippen molar-refractivity contribution in [2.75, 3.05) is 18.9 Å². The molecular weight excluding hydrogens is 278 g/mol. The number of aliphatic carboxylic acids is 1. The van der Waals surface area contributed by atoms with Crippen LogP contribution >= 0.6 is 0 Å². The molecular formula is C13H17N3O5. The Labute approximate surface area is 121 Å². The number of likely N-dealkylation sites (N-methyl/N-ethyl adjacent to an activating group) is 1. The van der Waals surface area contributed by atoms with Crippen LogP contribution < -0.4 is 5.32 Å². The number of nitro benzene ring substituents is 1. The summed E-state index contributed by atoms with van der Waals surface area (Å²) in [6.07, 6.45) is -0.0499. The van der Waals surface area contributed by atoms with Crippen LogP contribution in [0.2, 0.25) is 0 Å². The van der Waals surface area contributed by atoms with Crippen molar-refractivity contribution < 1.29 is 19.6 Å². The number of carbonyl (C=O) groups excluding carboxylic acids is 1. The van der Waals surface area contributed by atoms with E-state index in [1.807, 2.05) is 0 Å². The summed E-state index contributed by atoms with van der Waals surface area (Å²) in [5, 5.41) is 21.8. The summed E-state index contributed by atoms with van der Waals surface area (Å²) in [5.74, 6) is -1.23. The highest BCUT2D eigenvalue weighted by molar-refractivity contribution is 5.94. The van der Waals surface area contributed by atoms with Gasteiger partial charge in [-0.05, 0) is 26.1 Å². The lowest BCUT2D eigenvalue weighted by molar-refractivity contribution is -0.384. The van der Waals surface area contributed by atoms with Crippen molar-refractivity contribution in [2.24, 2.45) is 0 Å². The molecule has 8 nitrogen and oxygen atoms in total. The van der Waals surface area contributed by atoms with E-state index < -0.39 is 16.9 Å². The molecule has 0 bridgehead atoms. The topological polar surface area (TPSA) is 113 Å². The van der Waals surface area contributed by atoms with Crippen molar-refractivity contribution in [3.05, 3.63) is 34.4 Å². The number of hydrogen-bond acceptors (Lipinski definition) is 5. The lowest BCUT2D eigenvalue weighted by atomic mass is 10.2. The molecule has 0 radical (unpaired) electrons. The smallest absolute Gasteiger partial charge is 0.304 e. The zero-order chi connectivity index (χ0) is 16.0. The zero-order valence-electron chi connectivity index (χ0n) is 11.8. The second-order valence-electron chi connectivity index (χ2n) is 4.59. The van der Waals surface area contributed by atoms with E-state index in [1.54, 1.807) is 18.9 Å². The van der Waals surface area contributed by atoms with Crippen molar-refractivity contribution in [3.63, 3.8) is 0 Å². The molecule has 0 saturated heterocycles. The van der Waals surface area contributed by atoms with Crippen molar-refractivity contribution in [3.8, 4) is 0 Å². The normalized spacial score (nSPS) is 12.0. The largest absolute Gasteiger partial charge is 0.481 e. The number of benzene rings is 1. The first-order valence-corrected chi connectivity index (χ1v) is 6.28. The first-order valence-electron chi connectivity index (χ1n) is 6.28. The third kappa shape index (κ3) is 5.19. The maximum Gasteiger partial charge on any atom is 0.304 e. The number of non-ortho nitro benzene ring substituents is 1. The Kier molecular flexibility index (Phi) is 5.79. The summed E-state index contributed by atoms with van der Waals surface area (Å²) >= 11 is 0. The predicted molar refractivity (Wildman–Crippen MR) is 76.1 cm³/mol. The lowest BCUT2D eigenvalue weighted by Gasteiger charge is -2.23. The number of nitro groups is 1. The molecule has 1 atom stereocenters. The van der Waals surface area contributed by atoms with E-state index in [0.29, 0.717) is 5.69 Å². The first-order chi connectivity index (χ1) is 9.81. The molecule has 0 aliphatic rings. The van der Waals surface area contributed by atoms with Crippen LogP contribution in [0.1, 0.15) is 13.3 Å². The summed E-state index contributed by atoms with van der Waals surface area (Å²) in [6.45, 7) is 1.91. The fourth-order valence-corrected chi connectivity index (χ4v) is 1.58. The molecule has 1 aromatic carbocycles. The minimum atomic E-state index is -0.926. The number of nitrogens with zero attached hydrogens (tertiary/aromatic N) is 2. The maximum atomic E-state index is 12.0. The first kappa shape index (κ1) is 16.6. The van der Waals surface area contributed by atoms with Gasteiger partial charge in [0, 0.05) is 24.4 Å². The second-order valence-corrected chi connectivity index (χ2v) is 4.59. The summed E-state index contributed by atoms with van der Waals surface area (Å²) in [5.41, 5.74) is 0.392. The number of carboxylic acid groups (broad SMARTS) is 1. The van der Waals surface area contributed by atoms with Gasteiger partial charge in [-0.2, -0.15) is 0 Å². The van der Waals surface area contributed by atoms with Crippen LogP contribution in [0, 0.1) is 10.1 Å². The van der Waals surface area contributed by atoms with Crippen LogP contribution in [0.25, 0.3) is 0 Å². The highest BCUT2D eigenvalue weighted by atomic mass is 16.6. The number of carbonyl (C=O) groups is 2. The van der Waals surface area contributed by atoms with Gasteiger partial charge in [-0.1, -0.05) is 0 Å². The van der Waals surface area contributed by atoms with Crippen LogP contribution in [0.5, 0.6) is 0 Å². The third-order valence-corrected chi connectivity index (χ3v) is 3.06. The third-order valence-electron chi connectivity index (χ3n) is 3.06. The van der Waals surface area contributed by atoms with Gasteiger partial charge in [0.1, 0.15) is 0 Å². The van der Waals surface area contributed by atoms with Gasteiger partial charge in [0.15, 0.2) is 0 Å². The number of carboxylic acids is 1. The standard InChI is InChI=1S/C13H17N3O5/c1-9(15(2)8-7-12(17)18)13(19)14-10-3-5-11(6-4-10)16(20)21/h3-6,9H,7-8H2,1-2H3,(H,14,19)(H,17,18). The maximum absolute atomic E-state index is 12.0. The van der Waals surface area contributed by atoms with Crippen molar-refractivity contribution in [1.82, 2.24) is 4.90 Å². The summed E-state index contributed by atoms with van der Waals surface area (Å²) in [7, 11) is 1.66. The van der Waals surface area contributed by atoms with E-state index in [4.69, 9.17) is 5.11 Å². The Balaban J connectivity index is 2.59. The Morgan fingerprint density at radius 3 is 2.43 bits per heavy atom. The van der Waals surface area contributed by atoms with Gasteiger partial charge in [0.05, 0.1) is 17.4 Å². The summed E-state index contributed by atoms with van der Waals surface area (Å²) < 4.78 is 0. The van der Waals surface area contributed by atoms with Crippen molar-refractivity contribution in [2.45, 2.75) is 19.4 Å².